The van der Waals surface area contributed by atoms with Crippen LogP contribution in [-0.4, -0.2) is 23.0 Å². The summed E-state index contributed by atoms with van der Waals surface area (Å²) in [5.74, 6) is -1.02. The molecule has 1 aliphatic carbocycles. The van der Waals surface area contributed by atoms with Crippen molar-refractivity contribution in [3.8, 4) is 0 Å². The molecule has 0 aliphatic heterocycles. The van der Waals surface area contributed by atoms with Gasteiger partial charge in [0, 0.05) is 11.6 Å². The predicted octanol–water partition coefficient (Wildman–Crippen LogP) is 2.79. The highest BCUT2D eigenvalue weighted by Crippen LogP contribution is 2.26. The summed E-state index contributed by atoms with van der Waals surface area (Å²) < 4.78 is 0. The van der Waals surface area contributed by atoms with Gasteiger partial charge in [-0.15, -0.1) is 0 Å². The number of rotatable bonds is 4. The molecule has 0 heterocycles. The van der Waals surface area contributed by atoms with Crippen molar-refractivity contribution in [2.45, 2.75) is 45.1 Å². The Kier molecular flexibility index (Phi) is 4.42. The maximum atomic E-state index is 12.1. The van der Waals surface area contributed by atoms with E-state index in [-0.39, 0.29) is 11.9 Å². The lowest BCUT2D eigenvalue weighted by Gasteiger charge is -2.17. The molecule has 1 aromatic rings. The van der Waals surface area contributed by atoms with Gasteiger partial charge in [0.1, 0.15) is 0 Å². The summed E-state index contributed by atoms with van der Waals surface area (Å²) >= 11 is 0. The second-order valence-electron chi connectivity index (χ2n) is 5.73. The van der Waals surface area contributed by atoms with Gasteiger partial charge in [0.05, 0.1) is 5.92 Å². The van der Waals surface area contributed by atoms with E-state index >= 15 is 0 Å². The van der Waals surface area contributed by atoms with Gasteiger partial charge >= 0.3 is 5.97 Å². The number of carbonyl (C=O) groups is 2. The molecule has 2 atom stereocenters. The second-order valence-corrected chi connectivity index (χ2v) is 5.73. The van der Waals surface area contributed by atoms with Gasteiger partial charge in [0.15, 0.2) is 0 Å². The minimum absolute atomic E-state index is 0.182. The number of hydrogen-bond acceptors (Lipinski definition) is 2. The average molecular weight is 275 g/mol. The van der Waals surface area contributed by atoms with E-state index in [0.29, 0.717) is 17.9 Å². The van der Waals surface area contributed by atoms with Crippen molar-refractivity contribution in [2.24, 2.45) is 5.92 Å². The molecule has 0 saturated heterocycles. The normalized spacial score (nSPS) is 21.9. The third-order valence-electron chi connectivity index (χ3n) is 3.99. The molecule has 0 unspecified atom stereocenters. The van der Waals surface area contributed by atoms with Crippen LogP contribution < -0.4 is 5.32 Å². The first-order valence-corrected chi connectivity index (χ1v) is 7.12. The SMILES string of the molecule is CC(C)c1ccc(C(=O)N[C@@H]2CCC[C@@H]2C(=O)O)cc1. The maximum absolute atomic E-state index is 12.1. The van der Waals surface area contributed by atoms with Crippen LogP contribution in [0.5, 0.6) is 0 Å². The van der Waals surface area contributed by atoms with E-state index in [1.54, 1.807) is 12.1 Å². The van der Waals surface area contributed by atoms with Crippen LogP contribution in [0.3, 0.4) is 0 Å². The molecule has 1 aromatic carbocycles. The minimum atomic E-state index is -0.817. The summed E-state index contributed by atoms with van der Waals surface area (Å²) in [4.78, 5) is 23.2. The summed E-state index contributed by atoms with van der Waals surface area (Å²) in [6, 6.07) is 7.25. The molecule has 4 nitrogen and oxygen atoms in total. The predicted molar refractivity (Wildman–Crippen MR) is 76.8 cm³/mol. The summed E-state index contributed by atoms with van der Waals surface area (Å²) in [5.41, 5.74) is 1.77. The zero-order valence-corrected chi connectivity index (χ0v) is 11.9. The third kappa shape index (κ3) is 3.18. The highest BCUT2D eigenvalue weighted by molar-refractivity contribution is 5.94. The first kappa shape index (κ1) is 14.6. The van der Waals surface area contributed by atoms with Crippen LogP contribution in [0.15, 0.2) is 24.3 Å². The Bertz CT molecular complexity index is 493. The summed E-state index contributed by atoms with van der Waals surface area (Å²) in [5, 5.41) is 12.0. The van der Waals surface area contributed by atoms with Gasteiger partial charge < -0.3 is 10.4 Å². The molecule has 0 bridgehead atoms. The van der Waals surface area contributed by atoms with Crippen LogP contribution in [0.4, 0.5) is 0 Å². The molecule has 1 fully saturated rings. The van der Waals surface area contributed by atoms with Crippen molar-refractivity contribution in [3.05, 3.63) is 35.4 Å². The molecule has 0 spiro atoms. The van der Waals surface area contributed by atoms with E-state index < -0.39 is 11.9 Å². The van der Waals surface area contributed by atoms with Crippen LogP contribution >= 0.6 is 0 Å². The van der Waals surface area contributed by atoms with Gasteiger partial charge in [-0.1, -0.05) is 32.4 Å². The molecule has 20 heavy (non-hydrogen) atoms. The molecular weight excluding hydrogens is 254 g/mol. The van der Waals surface area contributed by atoms with Gasteiger partial charge in [-0.3, -0.25) is 9.59 Å². The quantitative estimate of drug-likeness (QED) is 0.888. The number of nitrogens with one attached hydrogen (secondary N) is 1. The number of benzene rings is 1. The Morgan fingerprint density at radius 1 is 1.20 bits per heavy atom. The van der Waals surface area contributed by atoms with Crippen molar-refractivity contribution >= 4 is 11.9 Å². The Labute approximate surface area is 119 Å². The molecule has 108 valence electrons. The van der Waals surface area contributed by atoms with Gasteiger partial charge in [0.25, 0.3) is 5.91 Å². The molecule has 2 rings (SSSR count). The highest BCUT2D eigenvalue weighted by atomic mass is 16.4. The molecule has 1 amide bonds. The molecule has 1 aliphatic rings. The monoisotopic (exact) mass is 275 g/mol. The van der Waals surface area contributed by atoms with Crippen LogP contribution in [0.25, 0.3) is 0 Å². The topological polar surface area (TPSA) is 66.4 Å². The van der Waals surface area contributed by atoms with Crippen LogP contribution in [0, 0.1) is 5.92 Å². The fraction of sp³-hybridized carbons (Fsp3) is 0.500. The number of aliphatic carboxylic acids is 1. The fourth-order valence-electron chi connectivity index (χ4n) is 2.70. The lowest BCUT2D eigenvalue weighted by atomic mass is 10.0. The Balaban J connectivity index is 2.02. The summed E-state index contributed by atoms with van der Waals surface area (Å²) in [6.07, 6.45) is 2.24. The van der Waals surface area contributed by atoms with E-state index in [4.69, 9.17) is 5.11 Å². The van der Waals surface area contributed by atoms with E-state index in [2.05, 4.69) is 19.2 Å². The van der Waals surface area contributed by atoms with Gasteiger partial charge in [0.2, 0.25) is 0 Å². The molecule has 1 saturated carbocycles. The van der Waals surface area contributed by atoms with E-state index in [1.807, 2.05) is 12.1 Å². The third-order valence-corrected chi connectivity index (χ3v) is 3.99. The zero-order chi connectivity index (χ0) is 14.7. The number of carboxylic acid groups (broad SMARTS) is 1. The molecule has 4 heteroatoms. The molecule has 0 aromatic heterocycles. The maximum Gasteiger partial charge on any atom is 0.308 e. The standard InChI is InChI=1S/C16H21NO3/c1-10(2)11-6-8-12(9-7-11)15(18)17-14-5-3-4-13(14)16(19)20/h6-10,13-14H,3-5H2,1-2H3,(H,17,18)(H,19,20)/t13-,14+/m0/s1. The molecule has 0 radical (unpaired) electrons. The lowest BCUT2D eigenvalue weighted by Crippen LogP contribution is -2.40. The van der Waals surface area contributed by atoms with Gasteiger partial charge in [-0.05, 0) is 36.5 Å². The fourth-order valence-corrected chi connectivity index (χ4v) is 2.70. The second kappa shape index (κ2) is 6.07. The number of amides is 1. The van der Waals surface area contributed by atoms with Crippen molar-refractivity contribution in [1.29, 1.82) is 0 Å². The number of carbonyl (C=O) groups excluding carboxylic acids is 1. The van der Waals surface area contributed by atoms with Crippen molar-refractivity contribution < 1.29 is 14.7 Å². The molecular formula is C16H21NO3. The summed E-state index contributed by atoms with van der Waals surface area (Å²) in [7, 11) is 0. The lowest BCUT2D eigenvalue weighted by molar-refractivity contribution is -0.142. The number of hydrogen-bond donors (Lipinski definition) is 2. The Morgan fingerprint density at radius 3 is 2.40 bits per heavy atom. The first-order chi connectivity index (χ1) is 9.49. The Hall–Kier alpha value is -1.84. The average Bonchev–Trinajstić information content (AvgIpc) is 2.87. The van der Waals surface area contributed by atoms with Crippen molar-refractivity contribution in [2.75, 3.05) is 0 Å². The number of carboxylic acids is 1. The summed E-state index contributed by atoms with van der Waals surface area (Å²) in [6.45, 7) is 4.20. The largest absolute Gasteiger partial charge is 0.481 e. The van der Waals surface area contributed by atoms with Crippen LogP contribution in [0.2, 0.25) is 0 Å². The zero-order valence-electron chi connectivity index (χ0n) is 11.9. The van der Waals surface area contributed by atoms with E-state index in [9.17, 15) is 9.59 Å². The minimum Gasteiger partial charge on any atom is -0.481 e. The van der Waals surface area contributed by atoms with Gasteiger partial charge in [-0.25, -0.2) is 0 Å². The van der Waals surface area contributed by atoms with Crippen LogP contribution in [-0.2, 0) is 4.79 Å². The van der Waals surface area contributed by atoms with Crippen molar-refractivity contribution in [3.63, 3.8) is 0 Å². The molecule has 2 N–H and O–H groups in total. The van der Waals surface area contributed by atoms with Gasteiger partial charge in [-0.2, -0.15) is 0 Å². The van der Waals surface area contributed by atoms with E-state index in [1.165, 1.54) is 5.56 Å². The highest BCUT2D eigenvalue weighted by Gasteiger charge is 2.33. The van der Waals surface area contributed by atoms with Crippen molar-refractivity contribution in [1.82, 2.24) is 5.32 Å². The Morgan fingerprint density at radius 2 is 1.85 bits per heavy atom. The van der Waals surface area contributed by atoms with E-state index in [0.717, 1.165) is 12.8 Å². The first-order valence-electron chi connectivity index (χ1n) is 7.12. The smallest absolute Gasteiger partial charge is 0.308 e. The van der Waals surface area contributed by atoms with Crippen LogP contribution in [0.1, 0.15) is 54.9 Å².